The molecule has 0 N–H and O–H groups in total. The maximum atomic E-state index is 5.97. The van der Waals surface area contributed by atoms with E-state index >= 15 is 0 Å². The summed E-state index contributed by atoms with van der Waals surface area (Å²) in [5.74, 6) is 0.956. The lowest BCUT2D eigenvalue weighted by Crippen LogP contribution is -2.47. The lowest BCUT2D eigenvalue weighted by atomic mass is 10.1. The van der Waals surface area contributed by atoms with Crippen LogP contribution in [-0.4, -0.2) is 40.4 Å². The second-order valence-electron chi connectivity index (χ2n) is 5.60. The van der Waals surface area contributed by atoms with Gasteiger partial charge in [0.2, 0.25) is 5.13 Å². The molecule has 1 aromatic heterocycles. The van der Waals surface area contributed by atoms with E-state index in [1.54, 1.807) is 0 Å². The molecule has 1 saturated heterocycles. The Morgan fingerprint density at radius 3 is 2.45 bits per heavy atom. The Morgan fingerprint density at radius 2 is 1.86 bits per heavy atom. The molecule has 1 aromatic carbocycles. The third-order valence-corrected chi connectivity index (χ3v) is 5.33. The number of benzene rings is 1. The molecular weight excluding hydrogens is 316 g/mol. The maximum absolute atomic E-state index is 5.97. The molecule has 1 fully saturated rings. The van der Waals surface area contributed by atoms with Gasteiger partial charge < -0.3 is 4.90 Å². The monoisotopic (exact) mass is 336 g/mol. The van der Waals surface area contributed by atoms with Gasteiger partial charge in [-0.1, -0.05) is 30.7 Å². The Kier molecular flexibility index (Phi) is 4.96. The number of anilines is 1. The smallest absolute Gasteiger partial charge is 0.205 e. The average molecular weight is 337 g/mol. The molecule has 0 spiro atoms. The van der Waals surface area contributed by atoms with Crippen LogP contribution in [0.15, 0.2) is 24.3 Å². The lowest BCUT2D eigenvalue weighted by molar-refractivity contribution is 0.198. The Bertz CT molecular complexity index is 605. The van der Waals surface area contributed by atoms with Crippen molar-refractivity contribution in [3.63, 3.8) is 0 Å². The first-order valence-corrected chi connectivity index (χ1v) is 8.89. The molecule has 6 heteroatoms. The first-order valence-electron chi connectivity index (χ1n) is 7.74. The summed E-state index contributed by atoms with van der Waals surface area (Å²) >= 11 is 7.49. The molecule has 22 heavy (non-hydrogen) atoms. The van der Waals surface area contributed by atoms with E-state index in [1.807, 2.05) is 12.1 Å². The Balaban J connectivity index is 1.60. The van der Waals surface area contributed by atoms with Crippen molar-refractivity contribution in [2.24, 2.45) is 0 Å². The molecule has 1 aliphatic rings. The number of rotatable bonds is 4. The minimum Gasteiger partial charge on any atom is -0.344 e. The summed E-state index contributed by atoms with van der Waals surface area (Å²) in [6.07, 6.45) is 0.907. The van der Waals surface area contributed by atoms with E-state index in [4.69, 9.17) is 11.6 Å². The van der Waals surface area contributed by atoms with Gasteiger partial charge in [-0.3, -0.25) is 4.90 Å². The second-order valence-corrected chi connectivity index (χ2v) is 6.76. The van der Waals surface area contributed by atoms with Crippen molar-refractivity contribution >= 4 is 28.3 Å². The average Bonchev–Trinajstić information content (AvgIpc) is 3.04. The van der Waals surface area contributed by atoms with E-state index in [1.165, 1.54) is 17.1 Å². The van der Waals surface area contributed by atoms with Crippen molar-refractivity contribution in [2.45, 2.75) is 26.3 Å². The first kappa shape index (κ1) is 15.7. The zero-order valence-corrected chi connectivity index (χ0v) is 14.6. The highest BCUT2D eigenvalue weighted by molar-refractivity contribution is 7.09. The van der Waals surface area contributed by atoms with Crippen LogP contribution >= 0.6 is 23.1 Å². The Morgan fingerprint density at radius 1 is 1.18 bits per heavy atom. The molecule has 0 bridgehead atoms. The largest absolute Gasteiger partial charge is 0.344 e. The zero-order valence-electron chi connectivity index (χ0n) is 13.0. The van der Waals surface area contributed by atoms with Gasteiger partial charge in [0.25, 0.3) is 0 Å². The number of hydrogen-bond donors (Lipinski definition) is 0. The zero-order chi connectivity index (χ0) is 15.5. The summed E-state index contributed by atoms with van der Waals surface area (Å²) in [4.78, 5) is 9.45. The van der Waals surface area contributed by atoms with Crippen LogP contribution in [0.2, 0.25) is 5.02 Å². The molecular formula is C16H21ClN4S. The topological polar surface area (TPSA) is 32.3 Å². The predicted octanol–water partition coefficient (Wildman–Crippen LogP) is 3.64. The van der Waals surface area contributed by atoms with Crippen LogP contribution in [-0.2, 0) is 6.42 Å². The van der Waals surface area contributed by atoms with Gasteiger partial charge in [-0.25, -0.2) is 4.98 Å². The SMILES string of the molecule is CCc1nsc(N2CCN(C(C)c3ccc(Cl)cc3)CC2)n1. The Labute approximate surface area is 140 Å². The molecule has 1 aliphatic heterocycles. The number of aromatic nitrogens is 2. The molecule has 0 aliphatic carbocycles. The van der Waals surface area contributed by atoms with Gasteiger partial charge in [-0.15, -0.1) is 0 Å². The van der Waals surface area contributed by atoms with Crippen LogP contribution in [0.5, 0.6) is 0 Å². The summed E-state index contributed by atoms with van der Waals surface area (Å²) < 4.78 is 4.38. The fraction of sp³-hybridized carbons (Fsp3) is 0.500. The molecule has 0 saturated carbocycles. The number of halogens is 1. The van der Waals surface area contributed by atoms with Crippen molar-refractivity contribution in [3.8, 4) is 0 Å². The van der Waals surface area contributed by atoms with Crippen molar-refractivity contribution in [1.82, 2.24) is 14.3 Å². The summed E-state index contributed by atoms with van der Waals surface area (Å²) in [5.41, 5.74) is 1.32. The van der Waals surface area contributed by atoms with E-state index in [-0.39, 0.29) is 0 Å². The second kappa shape index (κ2) is 6.94. The lowest BCUT2D eigenvalue weighted by Gasteiger charge is -2.38. The molecule has 1 unspecified atom stereocenters. The summed E-state index contributed by atoms with van der Waals surface area (Å²) in [5, 5.41) is 1.86. The van der Waals surface area contributed by atoms with Gasteiger partial charge in [0.1, 0.15) is 5.82 Å². The highest BCUT2D eigenvalue weighted by Gasteiger charge is 2.23. The van der Waals surface area contributed by atoms with Crippen molar-refractivity contribution < 1.29 is 0 Å². The minimum atomic E-state index is 0.417. The van der Waals surface area contributed by atoms with Crippen LogP contribution in [0.4, 0.5) is 5.13 Å². The first-order chi connectivity index (χ1) is 10.7. The Hall–Kier alpha value is -1.17. The van der Waals surface area contributed by atoms with Gasteiger partial charge in [-0.2, -0.15) is 4.37 Å². The molecule has 1 atom stereocenters. The number of aryl methyl sites for hydroxylation is 1. The third-order valence-electron chi connectivity index (χ3n) is 4.26. The van der Waals surface area contributed by atoms with Crippen LogP contribution in [0, 0.1) is 0 Å². The minimum absolute atomic E-state index is 0.417. The normalized spacial score (nSPS) is 17.7. The molecule has 118 valence electrons. The van der Waals surface area contributed by atoms with Crippen LogP contribution in [0.1, 0.15) is 31.3 Å². The highest BCUT2D eigenvalue weighted by atomic mass is 35.5. The molecule has 2 heterocycles. The van der Waals surface area contributed by atoms with E-state index in [0.29, 0.717) is 6.04 Å². The fourth-order valence-electron chi connectivity index (χ4n) is 2.77. The summed E-state index contributed by atoms with van der Waals surface area (Å²) in [6.45, 7) is 8.47. The number of hydrogen-bond acceptors (Lipinski definition) is 5. The summed E-state index contributed by atoms with van der Waals surface area (Å²) in [7, 11) is 0. The molecule has 3 rings (SSSR count). The van der Waals surface area contributed by atoms with Crippen LogP contribution in [0.25, 0.3) is 0 Å². The van der Waals surface area contributed by atoms with E-state index < -0.39 is 0 Å². The number of piperazine rings is 1. The predicted molar refractivity (Wildman–Crippen MR) is 92.9 cm³/mol. The highest BCUT2D eigenvalue weighted by Crippen LogP contribution is 2.25. The van der Waals surface area contributed by atoms with Gasteiger partial charge in [-0.05, 0) is 24.6 Å². The fourth-order valence-corrected chi connectivity index (χ4v) is 3.70. The number of nitrogens with zero attached hydrogens (tertiary/aromatic N) is 4. The van der Waals surface area contributed by atoms with Gasteiger partial charge in [0, 0.05) is 55.2 Å². The quantitative estimate of drug-likeness (QED) is 0.853. The van der Waals surface area contributed by atoms with Gasteiger partial charge >= 0.3 is 0 Å². The van der Waals surface area contributed by atoms with Crippen molar-refractivity contribution in [3.05, 3.63) is 40.7 Å². The molecule has 4 nitrogen and oxygen atoms in total. The molecule has 0 radical (unpaired) electrons. The maximum Gasteiger partial charge on any atom is 0.205 e. The van der Waals surface area contributed by atoms with E-state index in [2.05, 4.69) is 45.1 Å². The third kappa shape index (κ3) is 3.42. The van der Waals surface area contributed by atoms with E-state index in [9.17, 15) is 0 Å². The van der Waals surface area contributed by atoms with Crippen LogP contribution in [0.3, 0.4) is 0 Å². The summed E-state index contributed by atoms with van der Waals surface area (Å²) in [6, 6.07) is 8.60. The molecule has 2 aromatic rings. The van der Waals surface area contributed by atoms with Gasteiger partial charge in [0.05, 0.1) is 0 Å². The van der Waals surface area contributed by atoms with Crippen molar-refractivity contribution in [2.75, 3.05) is 31.1 Å². The van der Waals surface area contributed by atoms with Crippen molar-refractivity contribution in [1.29, 1.82) is 0 Å². The van der Waals surface area contributed by atoms with Gasteiger partial charge in [0.15, 0.2) is 0 Å². The standard InChI is InChI=1S/C16H21ClN4S/c1-3-15-18-16(22-19-15)21-10-8-20(9-11-21)12(2)13-4-6-14(17)7-5-13/h4-7,12H,3,8-11H2,1-2H3. The van der Waals surface area contributed by atoms with Crippen LogP contribution < -0.4 is 4.90 Å². The molecule has 0 amide bonds. The van der Waals surface area contributed by atoms with E-state index in [0.717, 1.165) is 48.6 Å².